The molecule has 1 amide bonds. The Bertz CT molecular complexity index is 738. The van der Waals surface area contributed by atoms with Gasteiger partial charge in [-0.25, -0.2) is 0 Å². The van der Waals surface area contributed by atoms with Crippen molar-refractivity contribution in [3.8, 4) is 11.4 Å². The Hall–Kier alpha value is -2.09. The number of likely N-dealkylation sites (tertiary alicyclic amines) is 1. The highest BCUT2D eigenvalue weighted by molar-refractivity contribution is 8.00. The molecule has 0 saturated carbocycles. The van der Waals surface area contributed by atoms with Gasteiger partial charge in [0, 0.05) is 13.1 Å². The summed E-state index contributed by atoms with van der Waals surface area (Å²) >= 11 is 1.39. The van der Waals surface area contributed by atoms with E-state index in [9.17, 15) is 4.79 Å². The number of aromatic nitrogens is 4. The molecule has 0 unspecified atom stereocenters. The molecule has 1 aliphatic rings. The lowest BCUT2D eigenvalue weighted by Crippen LogP contribution is -2.45. The zero-order chi connectivity index (χ0) is 18.7. The number of ether oxygens (including phenoxy) is 1. The number of amides is 1. The molecule has 3 atom stereocenters. The van der Waals surface area contributed by atoms with Crippen LogP contribution in [0.25, 0.3) is 5.69 Å². The molecular formula is C18H25N5O2S. The molecular weight excluding hydrogens is 350 g/mol. The van der Waals surface area contributed by atoms with Crippen LogP contribution in [0.5, 0.6) is 5.75 Å². The molecule has 0 bridgehead atoms. The monoisotopic (exact) mass is 375 g/mol. The molecule has 140 valence electrons. The van der Waals surface area contributed by atoms with Crippen LogP contribution >= 0.6 is 11.8 Å². The van der Waals surface area contributed by atoms with Crippen molar-refractivity contribution in [1.82, 2.24) is 25.1 Å². The zero-order valence-corrected chi connectivity index (χ0v) is 16.4. The largest absolute Gasteiger partial charge is 0.497 e. The first-order chi connectivity index (χ1) is 12.5. The number of tetrazole rings is 1. The predicted molar refractivity (Wildman–Crippen MR) is 101 cm³/mol. The quantitative estimate of drug-likeness (QED) is 0.748. The van der Waals surface area contributed by atoms with Crippen LogP contribution in [0.4, 0.5) is 0 Å². The Morgan fingerprint density at radius 1 is 1.23 bits per heavy atom. The number of carbonyl (C=O) groups is 1. The van der Waals surface area contributed by atoms with Crippen molar-refractivity contribution in [2.75, 3.05) is 20.2 Å². The molecule has 0 N–H and O–H groups in total. The van der Waals surface area contributed by atoms with Gasteiger partial charge in [-0.3, -0.25) is 4.79 Å². The van der Waals surface area contributed by atoms with E-state index in [0.717, 1.165) is 24.5 Å². The summed E-state index contributed by atoms with van der Waals surface area (Å²) in [6.07, 6.45) is 1.18. The summed E-state index contributed by atoms with van der Waals surface area (Å²) < 4.78 is 6.83. The number of benzene rings is 1. The van der Waals surface area contributed by atoms with E-state index >= 15 is 0 Å². The van der Waals surface area contributed by atoms with Crippen LogP contribution in [0.2, 0.25) is 0 Å². The molecule has 1 aromatic heterocycles. The number of carbonyl (C=O) groups excluding carboxylic acids is 1. The SMILES string of the molecule is COc1ccc(-n2nnnc2S[C@H](C)C(=O)N2C[C@H](C)C[C@@H](C)C2)cc1. The number of hydrogen-bond acceptors (Lipinski definition) is 6. The van der Waals surface area contributed by atoms with Crippen molar-refractivity contribution in [3.05, 3.63) is 24.3 Å². The van der Waals surface area contributed by atoms with Crippen LogP contribution in [-0.4, -0.2) is 56.5 Å². The molecule has 1 aliphatic heterocycles. The molecule has 1 fully saturated rings. The minimum absolute atomic E-state index is 0.151. The van der Waals surface area contributed by atoms with Gasteiger partial charge in [-0.15, -0.1) is 5.10 Å². The van der Waals surface area contributed by atoms with E-state index in [1.165, 1.54) is 18.2 Å². The number of hydrogen-bond donors (Lipinski definition) is 0. The second-order valence-electron chi connectivity index (χ2n) is 7.02. The molecule has 26 heavy (non-hydrogen) atoms. The average molecular weight is 375 g/mol. The third-order valence-electron chi connectivity index (χ3n) is 4.57. The topological polar surface area (TPSA) is 73.1 Å². The van der Waals surface area contributed by atoms with E-state index < -0.39 is 0 Å². The van der Waals surface area contributed by atoms with Gasteiger partial charge in [-0.1, -0.05) is 25.6 Å². The Balaban J connectivity index is 1.70. The summed E-state index contributed by atoms with van der Waals surface area (Å²) in [6.45, 7) is 7.99. The molecule has 1 saturated heterocycles. The molecule has 2 aromatic rings. The van der Waals surface area contributed by atoms with Crippen LogP contribution in [0.15, 0.2) is 29.4 Å². The summed E-state index contributed by atoms with van der Waals surface area (Å²) in [7, 11) is 1.63. The lowest BCUT2D eigenvalue weighted by atomic mass is 9.92. The standard InChI is InChI=1S/C18H25N5O2S/c1-12-9-13(2)11-22(10-12)17(24)14(3)26-18-19-20-21-23(18)15-5-7-16(25-4)8-6-15/h5-8,12-14H,9-11H2,1-4H3/t12-,13-,14-/m1/s1. The van der Waals surface area contributed by atoms with Gasteiger partial charge in [0.2, 0.25) is 11.1 Å². The number of thioether (sulfide) groups is 1. The summed E-state index contributed by atoms with van der Waals surface area (Å²) in [5, 5.41) is 12.3. The Morgan fingerprint density at radius 2 is 1.88 bits per heavy atom. The maximum atomic E-state index is 12.9. The Kier molecular flexibility index (Phi) is 5.80. The number of piperidine rings is 1. The van der Waals surface area contributed by atoms with Gasteiger partial charge in [0.15, 0.2) is 0 Å². The van der Waals surface area contributed by atoms with Gasteiger partial charge >= 0.3 is 0 Å². The van der Waals surface area contributed by atoms with Crippen LogP contribution in [0, 0.1) is 11.8 Å². The molecule has 0 radical (unpaired) electrons. The maximum Gasteiger partial charge on any atom is 0.235 e. The highest BCUT2D eigenvalue weighted by Crippen LogP contribution is 2.27. The van der Waals surface area contributed by atoms with Crippen LogP contribution in [0.3, 0.4) is 0 Å². The predicted octanol–water partition coefficient (Wildman–Crippen LogP) is 2.66. The van der Waals surface area contributed by atoms with E-state index in [2.05, 4.69) is 29.4 Å². The molecule has 1 aromatic carbocycles. The van der Waals surface area contributed by atoms with Crippen LogP contribution in [-0.2, 0) is 4.79 Å². The summed E-state index contributed by atoms with van der Waals surface area (Å²) in [5.41, 5.74) is 0.832. The fraction of sp³-hybridized carbons (Fsp3) is 0.556. The minimum atomic E-state index is -0.240. The Morgan fingerprint density at radius 3 is 2.50 bits per heavy atom. The van der Waals surface area contributed by atoms with Crippen molar-refractivity contribution in [2.45, 2.75) is 37.6 Å². The first-order valence-electron chi connectivity index (χ1n) is 8.86. The van der Waals surface area contributed by atoms with Crippen LogP contribution in [0.1, 0.15) is 27.2 Å². The van der Waals surface area contributed by atoms with Gasteiger partial charge in [0.25, 0.3) is 0 Å². The number of nitrogens with zero attached hydrogens (tertiary/aromatic N) is 5. The van der Waals surface area contributed by atoms with Crippen molar-refractivity contribution >= 4 is 17.7 Å². The van der Waals surface area contributed by atoms with Gasteiger partial charge in [0.05, 0.1) is 18.0 Å². The molecule has 0 spiro atoms. The van der Waals surface area contributed by atoms with Gasteiger partial charge < -0.3 is 9.64 Å². The first kappa shape index (κ1) is 18.7. The summed E-state index contributed by atoms with van der Waals surface area (Å²) in [4.78, 5) is 14.8. The zero-order valence-electron chi connectivity index (χ0n) is 15.6. The fourth-order valence-electron chi connectivity index (χ4n) is 3.45. The van der Waals surface area contributed by atoms with E-state index in [0.29, 0.717) is 17.0 Å². The van der Waals surface area contributed by atoms with E-state index in [1.54, 1.807) is 11.8 Å². The van der Waals surface area contributed by atoms with Crippen molar-refractivity contribution in [1.29, 1.82) is 0 Å². The normalized spacial score (nSPS) is 21.5. The van der Waals surface area contributed by atoms with E-state index in [4.69, 9.17) is 4.74 Å². The molecule has 0 aliphatic carbocycles. The van der Waals surface area contributed by atoms with Gasteiger partial charge in [-0.2, -0.15) is 4.68 Å². The minimum Gasteiger partial charge on any atom is -0.497 e. The third-order valence-corrected chi connectivity index (χ3v) is 5.59. The van der Waals surface area contributed by atoms with Crippen molar-refractivity contribution < 1.29 is 9.53 Å². The maximum absolute atomic E-state index is 12.9. The second-order valence-corrected chi connectivity index (χ2v) is 8.33. The highest BCUT2D eigenvalue weighted by Gasteiger charge is 2.29. The van der Waals surface area contributed by atoms with Gasteiger partial charge in [-0.05, 0) is 59.9 Å². The molecule has 7 nitrogen and oxygen atoms in total. The van der Waals surface area contributed by atoms with Crippen molar-refractivity contribution in [3.63, 3.8) is 0 Å². The molecule has 3 rings (SSSR count). The highest BCUT2D eigenvalue weighted by atomic mass is 32.2. The Labute approximate surface area is 158 Å². The first-order valence-corrected chi connectivity index (χ1v) is 9.74. The van der Waals surface area contributed by atoms with E-state index in [1.807, 2.05) is 36.1 Å². The summed E-state index contributed by atoms with van der Waals surface area (Å²) in [5.74, 6) is 2.01. The molecule has 8 heteroatoms. The summed E-state index contributed by atoms with van der Waals surface area (Å²) in [6, 6.07) is 7.49. The third kappa shape index (κ3) is 4.17. The van der Waals surface area contributed by atoms with Gasteiger partial charge in [0.1, 0.15) is 5.75 Å². The fourth-order valence-corrected chi connectivity index (χ4v) is 4.34. The number of methoxy groups -OCH3 is 1. The van der Waals surface area contributed by atoms with Crippen LogP contribution < -0.4 is 4.74 Å². The lowest BCUT2D eigenvalue weighted by molar-refractivity contribution is -0.132. The smallest absolute Gasteiger partial charge is 0.235 e. The molecule has 2 heterocycles. The van der Waals surface area contributed by atoms with Crippen molar-refractivity contribution in [2.24, 2.45) is 11.8 Å². The number of rotatable bonds is 5. The second kappa shape index (κ2) is 8.07. The van der Waals surface area contributed by atoms with E-state index in [-0.39, 0.29) is 11.2 Å². The average Bonchev–Trinajstić information content (AvgIpc) is 3.08. The lowest BCUT2D eigenvalue weighted by Gasteiger charge is -2.36.